The molecule has 0 saturated heterocycles. The van der Waals surface area contributed by atoms with Gasteiger partial charge in [-0.3, -0.25) is 14.8 Å². The number of pyridine rings is 1. The van der Waals surface area contributed by atoms with E-state index in [9.17, 15) is 9.59 Å². The molecule has 31 heavy (non-hydrogen) atoms. The van der Waals surface area contributed by atoms with Crippen molar-refractivity contribution in [3.63, 3.8) is 0 Å². The Hall–Kier alpha value is -4.20. The number of hydrogen-bond donors (Lipinski definition) is 2. The summed E-state index contributed by atoms with van der Waals surface area (Å²) in [6, 6.07) is 18.5. The zero-order valence-electron chi connectivity index (χ0n) is 16.9. The Bertz CT molecular complexity index is 1320. The molecular weight excluding hydrogens is 394 g/mol. The fourth-order valence-electron chi connectivity index (χ4n) is 3.48. The van der Waals surface area contributed by atoms with Crippen LogP contribution in [0.3, 0.4) is 0 Å². The number of ether oxygens (including phenoxy) is 1. The van der Waals surface area contributed by atoms with Gasteiger partial charge in [0.2, 0.25) is 0 Å². The molecule has 0 unspecified atom stereocenters. The van der Waals surface area contributed by atoms with Gasteiger partial charge < -0.3 is 10.5 Å². The molecular formula is C23H21N5O3. The van der Waals surface area contributed by atoms with E-state index < -0.39 is 0 Å². The Morgan fingerprint density at radius 3 is 2.32 bits per heavy atom. The average molecular weight is 415 g/mol. The fraction of sp³-hybridized carbons (Fsp3) is 0.130. The highest BCUT2D eigenvalue weighted by Crippen LogP contribution is 2.23. The lowest BCUT2D eigenvalue weighted by Crippen LogP contribution is -2.24. The second-order valence-corrected chi connectivity index (χ2v) is 6.98. The predicted octanol–water partition coefficient (Wildman–Crippen LogP) is 2.70. The number of esters is 1. The van der Waals surface area contributed by atoms with Crippen LogP contribution in [0.1, 0.15) is 12.0 Å². The number of aromatic nitrogens is 3. The standard InChI is InChI=1S/C23H21N5O3/c1-31-20(29)12-14-27-19-3-2-13-26-22(19)28(23(27)30)18-10-8-16(9-11-18)15-4-6-17(7-5-15)21(24)25/h2-11,13H,12,14H2,1H3,(H3,24,25). The first-order chi connectivity index (χ1) is 15.0. The lowest BCUT2D eigenvalue weighted by Gasteiger charge is -2.06. The van der Waals surface area contributed by atoms with Crippen molar-refractivity contribution in [3.05, 3.63) is 82.9 Å². The Labute approximate surface area is 178 Å². The van der Waals surface area contributed by atoms with Crippen molar-refractivity contribution < 1.29 is 9.53 Å². The van der Waals surface area contributed by atoms with Gasteiger partial charge in [-0.1, -0.05) is 36.4 Å². The van der Waals surface area contributed by atoms with Gasteiger partial charge >= 0.3 is 11.7 Å². The topological polar surface area (TPSA) is 116 Å². The van der Waals surface area contributed by atoms with Crippen molar-refractivity contribution in [3.8, 4) is 16.8 Å². The summed E-state index contributed by atoms with van der Waals surface area (Å²) >= 11 is 0. The molecule has 156 valence electrons. The molecule has 4 rings (SSSR count). The molecule has 8 heteroatoms. The third kappa shape index (κ3) is 3.83. The van der Waals surface area contributed by atoms with Gasteiger partial charge in [-0.15, -0.1) is 0 Å². The van der Waals surface area contributed by atoms with Crippen LogP contribution in [0.25, 0.3) is 28.0 Å². The Morgan fingerprint density at radius 2 is 1.71 bits per heavy atom. The van der Waals surface area contributed by atoms with Crippen LogP contribution in [0.2, 0.25) is 0 Å². The van der Waals surface area contributed by atoms with Crippen molar-refractivity contribution in [1.82, 2.24) is 14.1 Å². The molecule has 0 atom stereocenters. The van der Waals surface area contributed by atoms with Crippen LogP contribution in [0.5, 0.6) is 0 Å². The number of carbonyl (C=O) groups is 1. The summed E-state index contributed by atoms with van der Waals surface area (Å²) in [6.45, 7) is 0.210. The number of hydrogen-bond acceptors (Lipinski definition) is 5. The molecule has 0 bridgehead atoms. The van der Waals surface area contributed by atoms with Gasteiger partial charge in [0.25, 0.3) is 0 Å². The van der Waals surface area contributed by atoms with Gasteiger partial charge in [0, 0.05) is 18.3 Å². The third-order valence-electron chi connectivity index (χ3n) is 5.11. The summed E-state index contributed by atoms with van der Waals surface area (Å²) < 4.78 is 7.77. The predicted molar refractivity (Wildman–Crippen MR) is 118 cm³/mol. The highest BCUT2D eigenvalue weighted by Gasteiger charge is 2.16. The van der Waals surface area contributed by atoms with E-state index in [-0.39, 0.29) is 30.5 Å². The quantitative estimate of drug-likeness (QED) is 0.285. The molecule has 0 radical (unpaired) electrons. The summed E-state index contributed by atoms with van der Waals surface area (Å²) in [5.74, 6) is -0.353. The molecule has 3 N–H and O–H groups in total. The number of aryl methyl sites for hydroxylation is 1. The highest BCUT2D eigenvalue weighted by molar-refractivity contribution is 5.95. The summed E-state index contributed by atoms with van der Waals surface area (Å²) in [5, 5.41) is 7.50. The number of imidazole rings is 1. The Kier molecular flexibility index (Phi) is 5.36. The van der Waals surface area contributed by atoms with Crippen LogP contribution in [-0.4, -0.2) is 33.0 Å². The van der Waals surface area contributed by atoms with Crippen molar-refractivity contribution in [1.29, 1.82) is 5.41 Å². The first-order valence-electron chi connectivity index (χ1n) is 9.68. The van der Waals surface area contributed by atoms with Crippen LogP contribution in [0.15, 0.2) is 71.7 Å². The molecule has 4 aromatic rings. The first kappa shape index (κ1) is 20.1. The second kappa shape index (κ2) is 8.27. The Balaban J connectivity index is 1.72. The van der Waals surface area contributed by atoms with E-state index in [0.717, 1.165) is 11.1 Å². The van der Waals surface area contributed by atoms with E-state index in [2.05, 4.69) is 4.98 Å². The molecule has 0 aliphatic heterocycles. The maximum absolute atomic E-state index is 13.1. The number of nitrogens with zero attached hydrogens (tertiary/aromatic N) is 3. The van der Waals surface area contributed by atoms with E-state index >= 15 is 0 Å². The molecule has 0 amide bonds. The summed E-state index contributed by atoms with van der Waals surface area (Å²) in [4.78, 5) is 29.1. The normalized spacial score (nSPS) is 10.9. The number of rotatable bonds is 6. The minimum absolute atomic E-state index is 0.0253. The maximum atomic E-state index is 13.1. The van der Waals surface area contributed by atoms with E-state index in [1.807, 2.05) is 42.5 Å². The third-order valence-corrected chi connectivity index (χ3v) is 5.11. The number of nitrogen functional groups attached to an aromatic ring is 1. The van der Waals surface area contributed by atoms with Crippen LogP contribution in [0, 0.1) is 5.41 Å². The summed E-state index contributed by atoms with van der Waals surface area (Å²) in [6.07, 6.45) is 1.73. The molecule has 0 aliphatic rings. The largest absolute Gasteiger partial charge is 0.469 e. The minimum Gasteiger partial charge on any atom is -0.469 e. The zero-order valence-corrected chi connectivity index (χ0v) is 16.9. The molecule has 8 nitrogen and oxygen atoms in total. The van der Waals surface area contributed by atoms with Gasteiger partial charge in [-0.2, -0.15) is 0 Å². The summed E-state index contributed by atoms with van der Waals surface area (Å²) in [7, 11) is 1.32. The SMILES string of the molecule is COC(=O)CCn1c(=O)n(-c2ccc(-c3ccc(C(=N)N)cc3)cc2)c2ncccc21. The number of methoxy groups -OCH3 is 1. The molecule has 0 spiro atoms. The van der Waals surface area contributed by atoms with Crippen molar-refractivity contribution in [2.45, 2.75) is 13.0 Å². The van der Waals surface area contributed by atoms with Gasteiger partial charge in [-0.05, 0) is 35.4 Å². The van der Waals surface area contributed by atoms with Gasteiger partial charge in [-0.25, -0.2) is 14.3 Å². The number of amidine groups is 1. The maximum Gasteiger partial charge on any atom is 0.334 e. The lowest BCUT2D eigenvalue weighted by atomic mass is 10.0. The van der Waals surface area contributed by atoms with Crippen LogP contribution in [0.4, 0.5) is 0 Å². The van der Waals surface area contributed by atoms with Crippen molar-refractivity contribution in [2.24, 2.45) is 5.73 Å². The van der Waals surface area contributed by atoms with Gasteiger partial charge in [0.1, 0.15) is 5.84 Å². The molecule has 2 heterocycles. The summed E-state index contributed by atoms with van der Waals surface area (Å²) in [5.41, 5.74) is 9.70. The number of nitrogens with two attached hydrogens (primary N) is 1. The molecule has 0 saturated carbocycles. The van der Waals surface area contributed by atoms with Crippen LogP contribution < -0.4 is 11.4 Å². The van der Waals surface area contributed by atoms with E-state index in [1.165, 1.54) is 16.2 Å². The molecule has 0 fully saturated rings. The minimum atomic E-state index is -0.378. The van der Waals surface area contributed by atoms with Crippen LogP contribution in [-0.2, 0) is 16.1 Å². The van der Waals surface area contributed by atoms with Crippen LogP contribution >= 0.6 is 0 Å². The monoisotopic (exact) mass is 415 g/mol. The number of carbonyl (C=O) groups excluding carboxylic acids is 1. The fourth-order valence-corrected chi connectivity index (χ4v) is 3.48. The van der Waals surface area contributed by atoms with Gasteiger partial charge in [0.05, 0.1) is 24.7 Å². The molecule has 2 aromatic carbocycles. The number of benzene rings is 2. The van der Waals surface area contributed by atoms with Gasteiger partial charge in [0.15, 0.2) is 5.65 Å². The second-order valence-electron chi connectivity index (χ2n) is 6.98. The number of fused-ring (bicyclic) bond motifs is 1. The van der Waals surface area contributed by atoms with E-state index in [0.29, 0.717) is 22.4 Å². The highest BCUT2D eigenvalue weighted by atomic mass is 16.5. The van der Waals surface area contributed by atoms with E-state index in [4.69, 9.17) is 15.9 Å². The average Bonchev–Trinajstić information content (AvgIpc) is 3.08. The zero-order chi connectivity index (χ0) is 22.0. The molecule has 2 aromatic heterocycles. The number of nitrogens with one attached hydrogen (secondary N) is 1. The van der Waals surface area contributed by atoms with Crippen molar-refractivity contribution >= 4 is 23.0 Å². The Morgan fingerprint density at radius 1 is 1.06 bits per heavy atom. The first-order valence-corrected chi connectivity index (χ1v) is 9.68. The smallest absolute Gasteiger partial charge is 0.334 e. The lowest BCUT2D eigenvalue weighted by molar-refractivity contribution is -0.140. The molecule has 0 aliphatic carbocycles. The van der Waals surface area contributed by atoms with Crippen molar-refractivity contribution in [2.75, 3.05) is 7.11 Å². The van der Waals surface area contributed by atoms with E-state index in [1.54, 1.807) is 24.4 Å².